The summed E-state index contributed by atoms with van der Waals surface area (Å²) < 4.78 is 16.5. The van der Waals surface area contributed by atoms with Crippen LogP contribution in [0.15, 0.2) is 24.3 Å². The summed E-state index contributed by atoms with van der Waals surface area (Å²) >= 11 is 0. The standard InChI is InChI=1S/C9H12FNO/c1-12-9-4-2-8(3-5-9)6-7-11-10/h2-5,11H,6-7H2,1H3. The van der Waals surface area contributed by atoms with Gasteiger partial charge < -0.3 is 4.74 Å². The first-order valence-corrected chi connectivity index (χ1v) is 3.83. The first kappa shape index (κ1) is 9.00. The minimum absolute atomic E-state index is 0.354. The molecule has 0 atom stereocenters. The molecule has 0 heterocycles. The lowest BCUT2D eigenvalue weighted by molar-refractivity contribution is 0.337. The van der Waals surface area contributed by atoms with E-state index < -0.39 is 0 Å². The van der Waals surface area contributed by atoms with Gasteiger partial charge in [-0.15, -0.1) is 4.48 Å². The molecular weight excluding hydrogens is 157 g/mol. The van der Waals surface area contributed by atoms with E-state index in [9.17, 15) is 4.48 Å². The van der Waals surface area contributed by atoms with E-state index in [-0.39, 0.29) is 0 Å². The van der Waals surface area contributed by atoms with E-state index in [1.807, 2.05) is 24.3 Å². The highest BCUT2D eigenvalue weighted by Crippen LogP contribution is 2.11. The maximum atomic E-state index is 11.5. The second kappa shape index (κ2) is 4.72. The first-order valence-electron chi connectivity index (χ1n) is 3.83. The molecule has 0 unspecified atom stereocenters. The molecule has 0 saturated heterocycles. The highest BCUT2D eigenvalue weighted by atomic mass is 19.2. The third kappa shape index (κ3) is 2.51. The van der Waals surface area contributed by atoms with Crippen LogP contribution in [0.1, 0.15) is 5.56 Å². The van der Waals surface area contributed by atoms with Gasteiger partial charge in [-0.3, -0.25) is 0 Å². The lowest BCUT2D eigenvalue weighted by Gasteiger charge is -2.01. The molecule has 0 fully saturated rings. The lowest BCUT2D eigenvalue weighted by atomic mass is 10.1. The van der Waals surface area contributed by atoms with E-state index in [1.54, 1.807) is 12.6 Å². The van der Waals surface area contributed by atoms with Crippen molar-refractivity contribution < 1.29 is 9.22 Å². The Labute approximate surface area is 71.3 Å². The summed E-state index contributed by atoms with van der Waals surface area (Å²) in [5, 5.41) is 0. The van der Waals surface area contributed by atoms with Gasteiger partial charge in [0.15, 0.2) is 0 Å². The van der Waals surface area contributed by atoms with Crippen molar-refractivity contribution in [2.45, 2.75) is 6.42 Å². The molecule has 12 heavy (non-hydrogen) atoms. The maximum absolute atomic E-state index is 11.5. The van der Waals surface area contributed by atoms with Crippen LogP contribution >= 0.6 is 0 Å². The summed E-state index contributed by atoms with van der Waals surface area (Å²) in [5.41, 5.74) is 2.71. The normalized spacial score (nSPS) is 9.83. The Hall–Kier alpha value is -1.09. The van der Waals surface area contributed by atoms with Gasteiger partial charge in [-0.25, -0.2) is 0 Å². The first-order chi connectivity index (χ1) is 5.86. The number of hydrogen-bond acceptors (Lipinski definition) is 2. The molecule has 0 bridgehead atoms. The largest absolute Gasteiger partial charge is 0.497 e. The van der Waals surface area contributed by atoms with Crippen LogP contribution in [0.4, 0.5) is 4.48 Å². The number of halogens is 1. The summed E-state index contributed by atoms with van der Waals surface area (Å²) in [5.74, 6) is 0.826. The summed E-state index contributed by atoms with van der Waals surface area (Å²) in [7, 11) is 1.62. The Morgan fingerprint density at radius 3 is 2.50 bits per heavy atom. The number of methoxy groups -OCH3 is 1. The Balaban J connectivity index is 2.53. The minimum Gasteiger partial charge on any atom is -0.497 e. The molecule has 1 N–H and O–H groups in total. The van der Waals surface area contributed by atoms with Crippen molar-refractivity contribution >= 4 is 0 Å². The predicted molar refractivity (Wildman–Crippen MR) is 45.8 cm³/mol. The van der Waals surface area contributed by atoms with Crippen LogP contribution in [0.3, 0.4) is 0 Å². The van der Waals surface area contributed by atoms with Gasteiger partial charge in [-0.05, 0) is 24.1 Å². The van der Waals surface area contributed by atoms with E-state index in [0.29, 0.717) is 13.0 Å². The van der Waals surface area contributed by atoms with E-state index in [0.717, 1.165) is 11.3 Å². The average Bonchev–Trinajstić information content (AvgIpc) is 2.15. The van der Waals surface area contributed by atoms with Gasteiger partial charge in [0.05, 0.1) is 7.11 Å². The number of ether oxygens (including phenoxy) is 1. The topological polar surface area (TPSA) is 21.3 Å². The molecule has 1 rings (SSSR count). The third-order valence-corrected chi connectivity index (χ3v) is 1.67. The minimum atomic E-state index is 0.354. The second-order valence-electron chi connectivity index (χ2n) is 2.48. The zero-order valence-corrected chi connectivity index (χ0v) is 7.01. The second-order valence-corrected chi connectivity index (χ2v) is 2.48. The number of rotatable bonds is 4. The Morgan fingerprint density at radius 2 is 2.00 bits per heavy atom. The summed E-state index contributed by atoms with van der Waals surface area (Å²) in [6.45, 7) is 0.354. The monoisotopic (exact) mass is 169 g/mol. The Kier molecular flexibility index (Phi) is 3.54. The van der Waals surface area contributed by atoms with Crippen molar-refractivity contribution in [1.82, 2.24) is 5.54 Å². The summed E-state index contributed by atoms with van der Waals surface area (Å²) in [6.07, 6.45) is 0.695. The molecule has 0 aliphatic rings. The highest BCUT2D eigenvalue weighted by molar-refractivity contribution is 5.27. The van der Waals surface area contributed by atoms with E-state index in [4.69, 9.17) is 4.74 Å². The summed E-state index contributed by atoms with van der Waals surface area (Å²) in [6, 6.07) is 7.59. The zero-order valence-electron chi connectivity index (χ0n) is 7.01. The van der Waals surface area contributed by atoms with Gasteiger partial charge >= 0.3 is 0 Å². The van der Waals surface area contributed by atoms with Gasteiger partial charge in [-0.1, -0.05) is 12.1 Å². The fraction of sp³-hybridized carbons (Fsp3) is 0.333. The molecule has 66 valence electrons. The van der Waals surface area contributed by atoms with Crippen LogP contribution in [0.2, 0.25) is 0 Å². The number of nitrogens with one attached hydrogen (secondary N) is 1. The smallest absolute Gasteiger partial charge is 0.118 e. The fourth-order valence-electron chi connectivity index (χ4n) is 0.984. The van der Waals surface area contributed by atoms with E-state index in [1.165, 1.54) is 0 Å². The molecule has 0 aromatic heterocycles. The fourth-order valence-corrected chi connectivity index (χ4v) is 0.984. The molecule has 3 heteroatoms. The molecule has 1 aromatic carbocycles. The zero-order chi connectivity index (χ0) is 8.81. The van der Waals surface area contributed by atoms with Crippen LogP contribution in [0.25, 0.3) is 0 Å². The number of benzene rings is 1. The van der Waals surface area contributed by atoms with Crippen molar-refractivity contribution in [1.29, 1.82) is 0 Å². The average molecular weight is 169 g/mol. The van der Waals surface area contributed by atoms with Crippen LogP contribution in [0, 0.1) is 0 Å². The van der Waals surface area contributed by atoms with Crippen LogP contribution in [-0.4, -0.2) is 13.7 Å². The molecule has 0 spiro atoms. The SMILES string of the molecule is COc1ccc(CCNF)cc1. The van der Waals surface area contributed by atoms with Crippen LogP contribution in [-0.2, 0) is 6.42 Å². The van der Waals surface area contributed by atoms with Crippen molar-refractivity contribution in [3.05, 3.63) is 29.8 Å². The maximum Gasteiger partial charge on any atom is 0.118 e. The molecule has 2 nitrogen and oxygen atoms in total. The molecule has 0 amide bonds. The van der Waals surface area contributed by atoms with Crippen molar-refractivity contribution in [3.8, 4) is 5.75 Å². The highest BCUT2D eigenvalue weighted by Gasteiger charge is 1.93. The number of hydrogen-bond donors (Lipinski definition) is 1. The predicted octanol–water partition coefficient (Wildman–Crippen LogP) is 1.71. The van der Waals surface area contributed by atoms with Crippen LogP contribution in [0.5, 0.6) is 5.75 Å². The molecule has 0 aliphatic carbocycles. The summed E-state index contributed by atoms with van der Waals surface area (Å²) in [4.78, 5) is 0. The van der Waals surface area contributed by atoms with Crippen LogP contribution < -0.4 is 10.3 Å². The van der Waals surface area contributed by atoms with Gasteiger partial charge in [0.2, 0.25) is 0 Å². The molecule has 0 radical (unpaired) electrons. The van der Waals surface area contributed by atoms with E-state index in [2.05, 4.69) is 0 Å². The molecular formula is C9H12FNO. The van der Waals surface area contributed by atoms with Gasteiger partial charge in [-0.2, -0.15) is 5.54 Å². The molecule has 0 aliphatic heterocycles. The van der Waals surface area contributed by atoms with Gasteiger partial charge in [0.25, 0.3) is 0 Å². The van der Waals surface area contributed by atoms with Gasteiger partial charge in [0, 0.05) is 6.54 Å². The third-order valence-electron chi connectivity index (χ3n) is 1.67. The quantitative estimate of drug-likeness (QED) is 0.693. The Morgan fingerprint density at radius 1 is 1.33 bits per heavy atom. The van der Waals surface area contributed by atoms with Crippen molar-refractivity contribution in [2.24, 2.45) is 0 Å². The molecule has 1 aromatic rings. The van der Waals surface area contributed by atoms with Crippen molar-refractivity contribution in [3.63, 3.8) is 0 Å². The van der Waals surface area contributed by atoms with E-state index >= 15 is 0 Å². The lowest BCUT2D eigenvalue weighted by Crippen LogP contribution is -2.05. The van der Waals surface area contributed by atoms with Crippen molar-refractivity contribution in [2.75, 3.05) is 13.7 Å². The Bertz CT molecular complexity index is 222. The molecule has 0 saturated carbocycles. The van der Waals surface area contributed by atoms with Gasteiger partial charge in [0.1, 0.15) is 5.75 Å².